The van der Waals surface area contributed by atoms with Gasteiger partial charge in [-0.2, -0.15) is 15.3 Å². The number of aryl methyl sites for hydroxylation is 1. The van der Waals surface area contributed by atoms with E-state index in [1.54, 1.807) is 80.8 Å². The Kier molecular flexibility index (Phi) is 6.26. The van der Waals surface area contributed by atoms with Gasteiger partial charge in [-0.05, 0) is 67.1 Å². The number of carbonyl (C=O) groups is 1. The highest BCUT2D eigenvalue weighted by Gasteiger charge is 2.11. The molecule has 0 aliphatic rings. The molecule has 34 heavy (non-hydrogen) atoms. The van der Waals surface area contributed by atoms with Crippen molar-refractivity contribution in [1.82, 2.24) is 9.88 Å². The van der Waals surface area contributed by atoms with Crippen LogP contribution in [0, 0.1) is 6.92 Å². The molecule has 0 unspecified atom stereocenters. The van der Waals surface area contributed by atoms with Crippen LogP contribution in [-0.4, -0.2) is 35.0 Å². The van der Waals surface area contributed by atoms with E-state index >= 15 is 0 Å². The van der Waals surface area contributed by atoms with E-state index in [0.29, 0.717) is 33.5 Å². The number of fused-ring (bicyclic) bond motifs is 1. The number of aromatic hydroxyl groups is 1. The molecule has 2 N–H and O–H groups in total. The average molecular weight is 454 g/mol. The lowest BCUT2D eigenvalue weighted by molar-refractivity contribution is 0.0827. The molecule has 4 aromatic rings. The molecule has 1 amide bonds. The van der Waals surface area contributed by atoms with E-state index in [2.05, 4.69) is 25.4 Å². The van der Waals surface area contributed by atoms with E-state index in [1.165, 1.54) is 4.90 Å². The largest absolute Gasteiger partial charge is 0.505 e. The number of aromatic nitrogens is 1. The number of amides is 1. The molecule has 0 fully saturated rings. The minimum Gasteiger partial charge on any atom is -0.505 e. The number of hydrogen-bond acceptors (Lipinski definition) is 7. The van der Waals surface area contributed by atoms with Gasteiger partial charge < -0.3 is 15.0 Å². The molecule has 4 rings (SSSR count). The number of carbonyl (C=O) groups excluding carboxylic acids is 1. The first-order chi connectivity index (χ1) is 16.3. The molecule has 0 atom stereocenters. The van der Waals surface area contributed by atoms with Crippen molar-refractivity contribution in [3.8, 4) is 5.75 Å². The van der Waals surface area contributed by atoms with Crippen LogP contribution in [0.25, 0.3) is 10.9 Å². The van der Waals surface area contributed by atoms with Crippen molar-refractivity contribution in [2.45, 2.75) is 6.92 Å². The molecular weight excluding hydrogens is 432 g/mol. The highest BCUT2D eigenvalue weighted by atomic mass is 16.3. The van der Waals surface area contributed by atoms with Crippen LogP contribution in [0.15, 0.2) is 92.0 Å². The first-order valence-corrected chi connectivity index (χ1v) is 10.4. The minimum absolute atomic E-state index is 0.0805. The Labute approximate surface area is 195 Å². The number of benzene rings is 3. The molecule has 1 aromatic heterocycles. The van der Waals surface area contributed by atoms with Crippen LogP contribution in [0.1, 0.15) is 15.9 Å². The topological polar surface area (TPSA) is 123 Å². The lowest BCUT2D eigenvalue weighted by Crippen LogP contribution is -2.21. The summed E-state index contributed by atoms with van der Waals surface area (Å²) < 4.78 is 0. The molecule has 1 heterocycles. The zero-order chi connectivity index (χ0) is 24.2. The second-order valence-corrected chi connectivity index (χ2v) is 7.81. The van der Waals surface area contributed by atoms with Gasteiger partial charge in [-0.15, -0.1) is 5.11 Å². The third-order valence-corrected chi connectivity index (χ3v) is 5.11. The van der Waals surface area contributed by atoms with Gasteiger partial charge in [0.1, 0.15) is 0 Å². The predicted octanol–water partition coefficient (Wildman–Crippen LogP) is 6.07. The van der Waals surface area contributed by atoms with Gasteiger partial charge in [0.25, 0.3) is 11.5 Å². The van der Waals surface area contributed by atoms with Crippen LogP contribution in [0.5, 0.6) is 5.75 Å². The standard InChI is InChI=1S/C25H22N6O3/c1-15-14-18(28-30-22-23(32)19-6-4-5-7-21(19)26-24(22)33)12-13-20(15)29-27-17-10-8-16(9-11-17)25(34)31(2)3/h4-14H,1-3H3,(H2,26,32,33). The van der Waals surface area contributed by atoms with E-state index in [-0.39, 0.29) is 17.3 Å². The van der Waals surface area contributed by atoms with Crippen molar-refractivity contribution < 1.29 is 9.90 Å². The van der Waals surface area contributed by atoms with Crippen LogP contribution in [-0.2, 0) is 0 Å². The molecule has 170 valence electrons. The number of aromatic amines is 1. The van der Waals surface area contributed by atoms with Gasteiger partial charge in [-0.1, -0.05) is 12.1 Å². The summed E-state index contributed by atoms with van der Waals surface area (Å²) in [6.45, 7) is 1.85. The van der Waals surface area contributed by atoms with Crippen LogP contribution < -0.4 is 5.56 Å². The van der Waals surface area contributed by atoms with Crippen molar-refractivity contribution in [2.24, 2.45) is 20.5 Å². The van der Waals surface area contributed by atoms with E-state index in [1.807, 2.05) is 6.92 Å². The Morgan fingerprint density at radius 3 is 2.26 bits per heavy atom. The van der Waals surface area contributed by atoms with Gasteiger partial charge in [-0.3, -0.25) is 9.59 Å². The molecule has 3 aromatic carbocycles. The van der Waals surface area contributed by atoms with Crippen molar-refractivity contribution in [1.29, 1.82) is 0 Å². The summed E-state index contributed by atoms with van der Waals surface area (Å²) in [6, 6.07) is 19.0. The fourth-order valence-electron chi connectivity index (χ4n) is 3.27. The highest BCUT2D eigenvalue weighted by molar-refractivity contribution is 5.94. The van der Waals surface area contributed by atoms with E-state index in [4.69, 9.17) is 0 Å². The number of hydrogen-bond donors (Lipinski definition) is 2. The van der Waals surface area contributed by atoms with Gasteiger partial charge >= 0.3 is 0 Å². The quantitative estimate of drug-likeness (QED) is 0.355. The molecule has 0 spiro atoms. The van der Waals surface area contributed by atoms with Gasteiger partial charge in [0.15, 0.2) is 11.4 Å². The van der Waals surface area contributed by atoms with Gasteiger partial charge in [-0.25, -0.2) is 0 Å². The van der Waals surface area contributed by atoms with Gasteiger partial charge in [0, 0.05) is 25.0 Å². The fraction of sp³-hybridized carbons (Fsp3) is 0.120. The minimum atomic E-state index is -0.527. The maximum absolute atomic E-state index is 12.3. The summed E-state index contributed by atoms with van der Waals surface area (Å²) in [5, 5.41) is 27.5. The molecule has 9 nitrogen and oxygen atoms in total. The van der Waals surface area contributed by atoms with Crippen molar-refractivity contribution >= 4 is 39.6 Å². The molecule has 0 aliphatic carbocycles. The number of nitrogens with one attached hydrogen (secondary N) is 1. The second-order valence-electron chi connectivity index (χ2n) is 7.81. The smallest absolute Gasteiger partial charge is 0.280 e. The monoisotopic (exact) mass is 454 g/mol. The third kappa shape index (κ3) is 4.73. The second kappa shape index (κ2) is 9.45. The zero-order valence-electron chi connectivity index (χ0n) is 18.9. The lowest BCUT2D eigenvalue weighted by Gasteiger charge is -2.09. The maximum atomic E-state index is 12.3. The molecule has 0 radical (unpaired) electrons. The molecule has 0 aliphatic heterocycles. The molecule has 0 saturated carbocycles. The van der Waals surface area contributed by atoms with Crippen LogP contribution in [0.3, 0.4) is 0 Å². The summed E-state index contributed by atoms with van der Waals surface area (Å²) in [4.78, 5) is 28.5. The van der Waals surface area contributed by atoms with E-state index in [0.717, 1.165) is 5.56 Å². The summed E-state index contributed by atoms with van der Waals surface area (Å²) in [5.74, 6) is -0.299. The highest BCUT2D eigenvalue weighted by Crippen LogP contribution is 2.32. The number of rotatable bonds is 5. The van der Waals surface area contributed by atoms with E-state index in [9.17, 15) is 14.7 Å². The summed E-state index contributed by atoms with van der Waals surface area (Å²) in [6.07, 6.45) is 0. The summed E-state index contributed by atoms with van der Waals surface area (Å²) in [7, 11) is 3.40. The fourth-order valence-corrected chi connectivity index (χ4v) is 3.27. The lowest BCUT2D eigenvalue weighted by atomic mass is 10.2. The Hall–Kier alpha value is -4.66. The van der Waals surface area contributed by atoms with Crippen LogP contribution >= 0.6 is 0 Å². The molecule has 0 saturated heterocycles. The van der Waals surface area contributed by atoms with Crippen LogP contribution in [0.2, 0.25) is 0 Å². The van der Waals surface area contributed by atoms with Crippen molar-refractivity contribution in [3.63, 3.8) is 0 Å². The van der Waals surface area contributed by atoms with Gasteiger partial charge in [0.2, 0.25) is 0 Å². The summed E-state index contributed by atoms with van der Waals surface area (Å²) >= 11 is 0. The Morgan fingerprint density at radius 1 is 0.882 bits per heavy atom. The van der Waals surface area contributed by atoms with Crippen molar-refractivity contribution in [2.75, 3.05) is 14.1 Å². The Balaban J connectivity index is 1.53. The number of para-hydroxylation sites is 1. The first kappa shape index (κ1) is 22.5. The SMILES string of the molecule is Cc1cc(N=Nc2c(O)c3ccccc3[nH]c2=O)ccc1N=Nc1ccc(C(=O)N(C)C)cc1. The normalized spacial score (nSPS) is 11.5. The zero-order valence-corrected chi connectivity index (χ0v) is 18.9. The third-order valence-electron chi connectivity index (χ3n) is 5.11. The Morgan fingerprint density at radius 2 is 1.56 bits per heavy atom. The average Bonchev–Trinajstić information content (AvgIpc) is 2.83. The summed E-state index contributed by atoms with van der Waals surface area (Å²) in [5.41, 5.74) is 2.96. The molecule has 9 heteroatoms. The number of azo groups is 2. The maximum Gasteiger partial charge on any atom is 0.280 e. The number of H-pyrrole nitrogens is 1. The van der Waals surface area contributed by atoms with E-state index < -0.39 is 5.56 Å². The predicted molar refractivity (Wildman–Crippen MR) is 130 cm³/mol. The number of pyridine rings is 1. The number of nitrogens with zero attached hydrogens (tertiary/aromatic N) is 5. The Bertz CT molecular complexity index is 1490. The molecule has 0 bridgehead atoms. The van der Waals surface area contributed by atoms with Crippen LogP contribution in [0.4, 0.5) is 22.7 Å². The van der Waals surface area contributed by atoms with Crippen molar-refractivity contribution in [3.05, 3.63) is 88.2 Å². The molecular formula is C25H22N6O3. The van der Waals surface area contributed by atoms with Gasteiger partial charge in [0.05, 0.1) is 22.6 Å². The first-order valence-electron chi connectivity index (χ1n) is 10.4.